The van der Waals surface area contributed by atoms with Crippen LogP contribution in [0, 0.1) is 0 Å². The van der Waals surface area contributed by atoms with E-state index in [1.165, 1.54) is 6.92 Å². The molecule has 0 spiro atoms. The normalized spacial score (nSPS) is 22.8. The van der Waals surface area contributed by atoms with Gasteiger partial charge in [-0.1, -0.05) is 0 Å². The number of ether oxygens (including phenoxy) is 1. The van der Waals surface area contributed by atoms with Crippen LogP contribution >= 0.6 is 23.2 Å². The van der Waals surface area contributed by atoms with Gasteiger partial charge in [-0.15, -0.1) is 23.2 Å². The van der Waals surface area contributed by atoms with E-state index >= 15 is 0 Å². The Morgan fingerprint density at radius 3 is 1.68 bits per heavy atom. The largest absolute Gasteiger partial charge is 0.416 e. The van der Waals surface area contributed by atoms with Crippen LogP contribution in [0.5, 0.6) is 0 Å². The van der Waals surface area contributed by atoms with E-state index in [-0.39, 0.29) is 24.7 Å². The lowest BCUT2D eigenvalue weighted by molar-refractivity contribution is -0.143. The van der Waals surface area contributed by atoms with Crippen LogP contribution in [-0.4, -0.2) is 10.9 Å². The van der Waals surface area contributed by atoms with E-state index in [0.717, 1.165) is 0 Å². The predicted molar refractivity (Wildman–Crippen MR) is 68.8 cm³/mol. The molecule has 1 aliphatic rings. The number of halogens is 8. The molecule has 1 nitrogen and oxygen atoms in total. The molecule has 0 N–H and O–H groups in total. The topological polar surface area (TPSA) is 12.5 Å². The van der Waals surface area contributed by atoms with Gasteiger partial charge in [0.25, 0.3) is 0 Å². The first-order chi connectivity index (χ1) is 9.73. The first kappa shape index (κ1) is 17.7. The molecule has 1 unspecified atom stereocenters. The molecule has 1 fully saturated rings. The van der Waals surface area contributed by atoms with Gasteiger partial charge in [0.1, 0.15) is 9.93 Å². The highest BCUT2D eigenvalue weighted by Crippen LogP contribution is 2.50. The van der Waals surface area contributed by atoms with Gasteiger partial charge in [-0.2, -0.15) is 26.3 Å². The van der Waals surface area contributed by atoms with Crippen LogP contribution in [0.25, 0.3) is 0 Å². The number of epoxide rings is 1. The minimum Gasteiger partial charge on any atom is -0.364 e. The monoisotopic (exact) mass is 366 g/mol. The van der Waals surface area contributed by atoms with Crippen molar-refractivity contribution in [2.75, 3.05) is 6.61 Å². The zero-order valence-corrected chi connectivity index (χ0v) is 12.6. The van der Waals surface area contributed by atoms with E-state index in [1.807, 2.05) is 0 Å². The maximum absolute atomic E-state index is 12.8. The highest BCUT2D eigenvalue weighted by atomic mass is 35.5. The summed E-state index contributed by atoms with van der Waals surface area (Å²) in [6.45, 7) is 1.35. The van der Waals surface area contributed by atoms with E-state index in [4.69, 9.17) is 27.9 Å². The van der Waals surface area contributed by atoms with Crippen molar-refractivity contribution in [3.05, 3.63) is 34.9 Å². The second-order valence-electron chi connectivity index (χ2n) is 5.32. The molecular weight excluding hydrogens is 357 g/mol. The lowest BCUT2D eigenvalue weighted by atomic mass is 9.91. The lowest BCUT2D eigenvalue weighted by Gasteiger charge is -2.22. The van der Waals surface area contributed by atoms with Gasteiger partial charge in [0.05, 0.1) is 17.7 Å². The number of hydrogen-bond donors (Lipinski definition) is 0. The zero-order chi connectivity index (χ0) is 17.0. The van der Waals surface area contributed by atoms with Crippen LogP contribution in [0.2, 0.25) is 0 Å². The van der Waals surface area contributed by atoms with E-state index in [2.05, 4.69) is 0 Å². The minimum absolute atomic E-state index is 0.0410. The van der Waals surface area contributed by atoms with Crippen LogP contribution in [-0.2, 0) is 22.7 Å². The van der Waals surface area contributed by atoms with Crippen LogP contribution in [0.4, 0.5) is 26.3 Å². The summed E-state index contributed by atoms with van der Waals surface area (Å²) in [5.41, 5.74) is -4.34. The summed E-state index contributed by atoms with van der Waals surface area (Å²) in [7, 11) is 0. The average molecular weight is 367 g/mol. The molecule has 1 aromatic rings. The highest BCUT2D eigenvalue weighted by molar-refractivity contribution is 6.48. The zero-order valence-electron chi connectivity index (χ0n) is 11.1. The third-order valence-corrected chi connectivity index (χ3v) is 3.47. The van der Waals surface area contributed by atoms with Gasteiger partial charge >= 0.3 is 12.4 Å². The summed E-state index contributed by atoms with van der Waals surface area (Å²) < 4.78 is 80.7. The van der Waals surface area contributed by atoms with Gasteiger partial charge in [-0.25, -0.2) is 0 Å². The predicted octanol–water partition coefficient (Wildman–Crippen LogP) is 5.53. The molecule has 9 heteroatoms. The highest BCUT2D eigenvalue weighted by Gasteiger charge is 2.52. The number of alkyl halides is 8. The Morgan fingerprint density at radius 2 is 1.41 bits per heavy atom. The molecule has 1 aromatic carbocycles. The molecule has 0 saturated carbocycles. The van der Waals surface area contributed by atoms with Crippen LogP contribution in [0.15, 0.2) is 18.2 Å². The van der Waals surface area contributed by atoms with Crippen molar-refractivity contribution in [1.82, 2.24) is 0 Å². The minimum atomic E-state index is -4.91. The molecule has 1 saturated heterocycles. The standard InChI is InChI=1S/C13H10Cl2F6O/c1-10(14,15)5-11(6-22-11)7-2-8(12(16,17)18)4-9(3-7)13(19,20)21/h2-4H,5-6H2,1H3. The number of hydrogen-bond acceptors (Lipinski definition) is 1. The molecule has 2 rings (SSSR count). The summed E-state index contributed by atoms with van der Waals surface area (Å²) in [4.78, 5) is 0. The molecule has 0 radical (unpaired) electrons. The lowest BCUT2D eigenvalue weighted by Crippen LogP contribution is -2.22. The Labute approximate surface area is 132 Å². The molecule has 1 atom stereocenters. The number of benzene rings is 1. The first-order valence-electron chi connectivity index (χ1n) is 6.05. The molecule has 0 aromatic heterocycles. The maximum atomic E-state index is 12.8. The second kappa shape index (κ2) is 5.18. The van der Waals surface area contributed by atoms with E-state index in [9.17, 15) is 26.3 Å². The Balaban J connectivity index is 2.52. The average Bonchev–Trinajstić information content (AvgIpc) is 3.04. The Bertz CT molecular complexity index is 537. The van der Waals surface area contributed by atoms with Crippen molar-refractivity contribution in [3.8, 4) is 0 Å². The summed E-state index contributed by atoms with van der Waals surface area (Å²) in [5, 5.41) is 0. The van der Waals surface area contributed by atoms with Gasteiger partial charge in [-0.05, 0) is 30.7 Å². The van der Waals surface area contributed by atoms with Crippen molar-refractivity contribution in [1.29, 1.82) is 0 Å². The van der Waals surface area contributed by atoms with Crippen molar-refractivity contribution < 1.29 is 31.1 Å². The fourth-order valence-corrected chi connectivity index (χ4v) is 2.61. The second-order valence-corrected chi connectivity index (χ2v) is 7.19. The van der Waals surface area contributed by atoms with Gasteiger partial charge < -0.3 is 4.74 Å². The van der Waals surface area contributed by atoms with E-state index < -0.39 is 33.4 Å². The molecule has 0 bridgehead atoms. The third-order valence-electron chi connectivity index (χ3n) is 3.20. The maximum Gasteiger partial charge on any atom is 0.416 e. The molecule has 1 heterocycles. The Kier molecular flexibility index (Phi) is 4.16. The molecule has 0 aliphatic carbocycles. The van der Waals surface area contributed by atoms with Gasteiger partial charge in [0, 0.05) is 6.42 Å². The molecule has 22 heavy (non-hydrogen) atoms. The van der Waals surface area contributed by atoms with Crippen molar-refractivity contribution in [2.45, 2.75) is 35.6 Å². The van der Waals surface area contributed by atoms with E-state index in [0.29, 0.717) is 12.1 Å². The molecular formula is C13H10Cl2F6O. The fourth-order valence-electron chi connectivity index (χ4n) is 2.18. The Morgan fingerprint density at radius 1 is 1.00 bits per heavy atom. The van der Waals surface area contributed by atoms with Crippen LogP contribution in [0.1, 0.15) is 30.0 Å². The number of rotatable bonds is 3. The molecule has 124 valence electrons. The van der Waals surface area contributed by atoms with Crippen molar-refractivity contribution in [3.63, 3.8) is 0 Å². The SMILES string of the molecule is CC(Cl)(Cl)CC1(c2cc(C(F)(F)F)cc(C(F)(F)F)c2)CO1. The summed E-state index contributed by atoms with van der Waals surface area (Å²) >= 11 is 11.6. The van der Waals surface area contributed by atoms with Crippen LogP contribution < -0.4 is 0 Å². The van der Waals surface area contributed by atoms with Crippen molar-refractivity contribution >= 4 is 23.2 Å². The smallest absolute Gasteiger partial charge is 0.364 e. The van der Waals surface area contributed by atoms with Gasteiger partial charge in [0.15, 0.2) is 0 Å². The molecule has 0 amide bonds. The summed E-state index contributed by atoms with van der Waals surface area (Å²) in [5.74, 6) is 0. The Hall–Kier alpha value is -0.660. The quantitative estimate of drug-likeness (QED) is 0.389. The summed E-state index contributed by atoms with van der Waals surface area (Å²) in [6, 6.07) is 1.35. The first-order valence-corrected chi connectivity index (χ1v) is 6.80. The van der Waals surface area contributed by atoms with Gasteiger partial charge in [-0.3, -0.25) is 0 Å². The summed E-state index contributed by atoms with van der Waals surface area (Å²) in [6.07, 6.45) is -9.93. The van der Waals surface area contributed by atoms with Gasteiger partial charge in [0.2, 0.25) is 0 Å². The van der Waals surface area contributed by atoms with Crippen LogP contribution in [0.3, 0.4) is 0 Å². The fraction of sp³-hybridized carbons (Fsp3) is 0.538. The van der Waals surface area contributed by atoms with E-state index in [1.54, 1.807) is 0 Å². The van der Waals surface area contributed by atoms with Crippen molar-refractivity contribution in [2.24, 2.45) is 0 Å². The third kappa shape index (κ3) is 4.00. The molecule has 1 aliphatic heterocycles.